The summed E-state index contributed by atoms with van der Waals surface area (Å²) in [6, 6.07) is 16.5. The van der Waals surface area contributed by atoms with Gasteiger partial charge in [0, 0.05) is 39.0 Å². The molecule has 0 atom stereocenters. The number of carboxylic acid groups (broad SMARTS) is 4. The maximum atomic E-state index is 12.4. The van der Waals surface area contributed by atoms with Crippen molar-refractivity contribution in [2.24, 2.45) is 0 Å². The fourth-order valence-corrected chi connectivity index (χ4v) is 5.31. The molecule has 0 N–H and O–H groups in total. The average molecular weight is 735 g/mol. The first-order chi connectivity index (χ1) is 22.1. The minimum atomic E-state index is -2.50. The summed E-state index contributed by atoms with van der Waals surface area (Å²) in [5.74, 6) is -7.31. The van der Waals surface area contributed by atoms with Gasteiger partial charge in [-0.2, -0.15) is 0 Å². The number of carboxylic acids is 4. The fourth-order valence-electron chi connectivity index (χ4n) is 5.31. The van der Waals surface area contributed by atoms with E-state index in [0.717, 1.165) is 0 Å². The van der Waals surface area contributed by atoms with Gasteiger partial charge in [-0.3, -0.25) is 9.80 Å². The van der Waals surface area contributed by atoms with E-state index >= 15 is 0 Å². The molecule has 14 nitrogen and oxygen atoms in total. The third kappa shape index (κ3) is 15.1. The molecule has 0 unspecified atom stereocenters. The van der Waals surface area contributed by atoms with E-state index in [2.05, 4.69) is 0 Å². The van der Waals surface area contributed by atoms with Gasteiger partial charge in [0.1, 0.15) is 11.1 Å². The van der Waals surface area contributed by atoms with Crippen LogP contribution in [0.2, 0.25) is 0 Å². The Morgan fingerprint density at radius 3 is 0.920 bits per heavy atom. The molecule has 0 radical (unpaired) electrons. The number of nitrogens with zero attached hydrogens (tertiary/aromatic N) is 2. The van der Waals surface area contributed by atoms with Crippen LogP contribution in [0.25, 0.3) is 0 Å². The van der Waals surface area contributed by atoms with Gasteiger partial charge in [-0.15, -0.1) is 0 Å². The molecule has 1 heterocycles. The molecular formula is C32H38N2Na4O12. The van der Waals surface area contributed by atoms with Crippen molar-refractivity contribution in [2.75, 3.05) is 79.0 Å². The zero-order valence-electron chi connectivity index (χ0n) is 29.5. The third-order valence-corrected chi connectivity index (χ3v) is 7.80. The van der Waals surface area contributed by atoms with Crippen LogP contribution >= 0.6 is 0 Å². The van der Waals surface area contributed by atoms with Gasteiger partial charge in [0.25, 0.3) is 0 Å². The maximum absolute atomic E-state index is 12.4. The summed E-state index contributed by atoms with van der Waals surface area (Å²) in [6.07, 6.45) is -0.824. The predicted octanol–water partition coefficient (Wildman–Crippen LogP) is -16.4. The zero-order chi connectivity index (χ0) is 33.4. The molecule has 0 aliphatic carbocycles. The van der Waals surface area contributed by atoms with Crippen LogP contribution in [0.4, 0.5) is 0 Å². The first kappa shape index (κ1) is 52.2. The van der Waals surface area contributed by atoms with E-state index in [1.54, 1.807) is 60.7 Å². The van der Waals surface area contributed by atoms with Gasteiger partial charge in [0.05, 0.1) is 76.7 Å². The van der Waals surface area contributed by atoms with Crippen molar-refractivity contribution in [3.63, 3.8) is 0 Å². The normalized spacial score (nSPS) is 16.3. The van der Waals surface area contributed by atoms with Crippen molar-refractivity contribution in [1.29, 1.82) is 0 Å². The first-order valence-corrected chi connectivity index (χ1v) is 14.9. The molecule has 3 rings (SSSR count). The van der Waals surface area contributed by atoms with Crippen molar-refractivity contribution < 1.29 is 177 Å². The van der Waals surface area contributed by atoms with Crippen LogP contribution in [0.3, 0.4) is 0 Å². The molecule has 0 amide bonds. The summed E-state index contributed by atoms with van der Waals surface area (Å²) < 4.78 is 22.4. The summed E-state index contributed by atoms with van der Waals surface area (Å²) >= 11 is 0. The van der Waals surface area contributed by atoms with E-state index in [9.17, 15) is 39.6 Å². The molecule has 1 aliphatic rings. The number of hydrogen-bond acceptors (Lipinski definition) is 14. The second-order valence-electron chi connectivity index (χ2n) is 10.6. The number of carbonyl (C=O) groups is 4. The number of aliphatic carboxylic acids is 4. The third-order valence-electron chi connectivity index (χ3n) is 7.80. The van der Waals surface area contributed by atoms with E-state index in [0.29, 0.717) is 11.1 Å². The van der Waals surface area contributed by atoms with Crippen LogP contribution in [-0.2, 0) is 51.0 Å². The molecular weight excluding hydrogens is 696 g/mol. The summed E-state index contributed by atoms with van der Waals surface area (Å²) in [6.45, 7) is -0.727. The Morgan fingerprint density at radius 1 is 0.460 bits per heavy atom. The Bertz CT molecular complexity index is 1130. The van der Waals surface area contributed by atoms with Gasteiger partial charge in [-0.1, -0.05) is 60.7 Å². The Balaban J connectivity index is 0. The standard InChI is InChI=1S/C32H42N2O12.4Na/c35-27(36)31(28(37)38,23-25-7-3-1-4-8-25)33-11-15-43-19-21-45-17-13-34(14-18-46-22-20-44-16-12-33)32(29(39)40,30(41)42)24-26-9-5-2-6-10-26;;;;/h1-10H,11-24H2,(H,35,36)(H,37,38)(H,39,40)(H,41,42);;;;/q;4*+1/p-4. The molecule has 0 saturated carbocycles. The Hall–Kier alpha value is 0.0800. The molecule has 252 valence electrons. The number of carbonyl (C=O) groups excluding carboxylic acids is 4. The molecule has 0 spiro atoms. The predicted molar refractivity (Wildman–Crippen MR) is 152 cm³/mol. The quantitative estimate of drug-likeness (QED) is 0.164. The van der Waals surface area contributed by atoms with Crippen LogP contribution in [0, 0.1) is 0 Å². The molecule has 2 aromatic rings. The van der Waals surface area contributed by atoms with Gasteiger partial charge < -0.3 is 58.6 Å². The molecule has 18 heteroatoms. The summed E-state index contributed by atoms with van der Waals surface area (Å²) in [5, 5.41) is 49.6. The van der Waals surface area contributed by atoms with Crippen LogP contribution in [0.5, 0.6) is 0 Å². The Labute approximate surface area is 380 Å². The Kier molecular flexibility index (Phi) is 28.8. The van der Waals surface area contributed by atoms with Gasteiger partial charge >= 0.3 is 118 Å². The maximum Gasteiger partial charge on any atom is 1.00 e. The van der Waals surface area contributed by atoms with Gasteiger partial charge in [0.15, 0.2) is 0 Å². The van der Waals surface area contributed by atoms with Crippen LogP contribution in [-0.4, -0.2) is 124 Å². The van der Waals surface area contributed by atoms with Crippen LogP contribution in [0.1, 0.15) is 11.1 Å². The van der Waals surface area contributed by atoms with Gasteiger partial charge in [-0.25, -0.2) is 0 Å². The van der Waals surface area contributed by atoms with E-state index < -0.39 is 47.8 Å². The SMILES string of the molecule is O=C([O-])C(Cc1ccccc1)(C(=O)[O-])N1CCOCCOCCN(C(Cc2ccccc2)(C(=O)[O-])C(=O)[O-])CCOCCOCC1.[Na+].[Na+].[Na+].[Na+]. The van der Waals surface area contributed by atoms with Crippen molar-refractivity contribution in [3.05, 3.63) is 71.8 Å². The number of benzene rings is 2. The van der Waals surface area contributed by atoms with Crippen molar-refractivity contribution in [1.82, 2.24) is 9.80 Å². The second kappa shape index (κ2) is 27.6. The molecule has 0 bridgehead atoms. The topological polar surface area (TPSA) is 204 Å². The zero-order valence-corrected chi connectivity index (χ0v) is 37.5. The van der Waals surface area contributed by atoms with Crippen LogP contribution in [0.15, 0.2) is 60.7 Å². The van der Waals surface area contributed by atoms with E-state index in [4.69, 9.17) is 18.9 Å². The van der Waals surface area contributed by atoms with E-state index in [1.807, 2.05) is 0 Å². The number of hydrogen-bond donors (Lipinski definition) is 0. The van der Waals surface area contributed by atoms with E-state index in [1.165, 1.54) is 9.80 Å². The molecule has 1 fully saturated rings. The molecule has 1 saturated heterocycles. The van der Waals surface area contributed by atoms with Crippen molar-refractivity contribution in [3.8, 4) is 0 Å². The van der Waals surface area contributed by atoms with Gasteiger partial charge in [-0.05, 0) is 11.1 Å². The van der Waals surface area contributed by atoms with Crippen LogP contribution < -0.4 is 139 Å². The second-order valence-corrected chi connectivity index (χ2v) is 10.6. The van der Waals surface area contributed by atoms with Gasteiger partial charge in [0.2, 0.25) is 0 Å². The molecule has 2 aromatic carbocycles. The minimum absolute atomic E-state index is 0. The Morgan fingerprint density at radius 2 is 0.700 bits per heavy atom. The summed E-state index contributed by atoms with van der Waals surface area (Å²) in [4.78, 5) is 52.0. The monoisotopic (exact) mass is 734 g/mol. The molecule has 0 aromatic heterocycles. The number of ether oxygens (including phenoxy) is 4. The minimum Gasteiger partial charge on any atom is -0.548 e. The fraction of sp³-hybridized carbons (Fsp3) is 0.500. The first-order valence-electron chi connectivity index (χ1n) is 14.9. The van der Waals surface area contributed by atoms with Crippen molar-refractivity contribution in [2.45, 2.75) is 23.9 Å². The largest absolute Gasteiger partial charge is 1.00 e. The van der Waals surface area contributed by atoms with Crippen molar-refractivity contribution >= 4 is 23.9 Å². The smallest absolute Gasteiger partial charge is 0.548 e. The number of rotatable bonds is 10. The summed E-state index contributed by atoms with van der Waals surface area (Å²) in [5.41, 5.74) is -4.10. The molecule has 50 heavy (non-hydrogen) atoms. The van der Waals surface area contributed by atoms with E-state index in [-0.39, 0.29) is 197 Å². The molecule has 1 aliphatic heterocycles. The summed E-state index contributed by atoms with van der Waals surface area (Å²) in [7, 11) is 0. The average Bonchev–Trinajstić information content (AvgIpc) is 3.03.